The molecule has 0 aromatic heterocycles. The summed E-state index contributed by atoms with van der Waals surface area (Å²) >= 11 is 5.29. The molecule has 0 saturated carbocycles. The molecular formula is C7H14ClNO2. The van der Waals surface area contributed by atoms with E-state index >= 15 is 0 Å². The fourth-order valence-corrected chi connectivity index (χ4v) is 0.928. The molecule has 11 heavy (non-hydrogen) atoms. The first kappa shape index (κ1) is 10.7. The van der Waals surface area contributed by atoms with Crippen LogP contribution >= 0.6 is 11.6 Å². The minimum absolute atomic E-state index is 0.399. The van der Waals surface area contributed by atoms with Gasteiger partial charge in [0.15, 0.2) is 0 Å². The summed E-state index contributed by atoms with van der Waals surface area (Å²) in [5, 5.41) is -0.399. The third kappa shape index (κ3) is 5.04. The molecule has 0 aliphatic rings. The molecule has 1 amide bonds. The van der Waals surface area contributed by atoms with Crippen molar-refractivity contribution in [1.82, 2.24) is 4.90 Å². The number of methoxy groups -OCH3 is 1. The first-order valence-electron chi connectivity index (χ1n) is 3.65. The van der Waals surface area contributed by atoms with Crippen LogP contribution in [0.5, 0.6) is 0 Å². The monoisotopic (exact) mass is 179 g/mol. The first-order valence-corrected chi connectivity index (χ1v) is 4.03. The number of ether oxygens (including phenoxy) is 1. The maximum atomic E-state index is 10.7. The Morgan fingerprint density at radius 2 is 2.18 bits per heavy atom. The number of halogens is 1. The van der Waals surface area contributed by atoms with Gasteiger partial charge >= 0.3 is 5.37 Å². The SMILES string of the molecule is CCCN(CCOC)C(=O)Cl. The van der Waals surface area contributed by atoms with Crippen LogP contribution in [-0.2, 0) is 4.74 Å². The Labute approximate surface area is 72.3 Å². The fraction of sp³-hybridized carbons (Fsp3) is 0.857. The third-order valence-corrected chi connectivity index (χ3v) is 1.55. The van der Waals surface area contributed by atoms with Crippen molar-refractivity contribution in [2.24, 2.45) is 0 Å². The largest absolute Gasteiger partial charge is 0.383 e. The van der Waals surface area contributed by atoms with E-state index < -0.39 is 5.37 Å². The molecule has 0 N–H and O–H groups in total. The maximum Gasteiger partial charge on any atom is 0.316 e. The van der Waals surface area contributed by atoms with Crippen LogP contribution in [0.1, 0.15) is 13.3 Å². The van der Waals surface area contributed by atoms with E-state index in [0.29, 0.717) is 19.7 Å². The fourth-order valence-electron chi connectivity index (χ4n) is 0.759. The van der Waals surface area contributed by atoms with E-state index in [2.05, 4.69) is 0 Å². The molecule has 0 rings (SSSR count). The number of hydrogen-bond donors (Lipinski definition) is 0. The van der Waals surface area contributed by atoms with Gasteiger partial charge in [-0.25, -0.2) is 0 Å². The highest BCUT2D eigenvalue weighted by molar-refractivity contribution is 6.62. The highest BCUT2D eigenvalue weighted by Crippen LogP contribution is 1.97. The molecule has 0 spiro atoms. The predicted molar refractivity (Wildman–Crippen MR) is 45.0 cm³/mol. The summed E-state index contributed by atoms with van der Waals surface area (Å²) in [6.07, 6.45) is 0.919. The standard InChI is InChI=1S/C7H14ClNO2/c1-3-4-9(7(8)10)5-6-11-2/h3-6H2,1-2H3. The lowest BCUT2D eigenvalue weighted by Gasteiger charge is -2.17. The molecule has 0 radical (unpaired) electrons. The van der Waals surface area contributed by atoms with E-state index in [9.17, 15) is 4.79 Å². The molecule has 0 heterocycles. The summed E-state index contributed by atoms with van der Waals surface area (Å²) in [5.74, 6) is 0. The summed E-state index contributed by atoms with van der Waals surface area (Å²) in [4.78, 5) is 12.2. The van der Waals surface area contributed by atoms with Crippen molar-refractivity contribution in [3.63, 3.8) is 0 Å². The molecule has 3 nitrogen and oxygen atoms in total. The zero-order valence-electron chi connectivity index (χ0n) is 6.97. The summed E-state index contributed by atoms with van der Waals surface area (Å²) in [6, 6.07) is 0. The molecule has 0 atom stereocenters. The molecule has 0 bridgehead atoms. The van der Waals surface area contributed by atoms with Crippen molar-refractivity contribution >= 4 is 17.0 Å². The van der Waals surface area contributed by atoms with Gasteiger partial charge in [0.05, 0.1) is 6.61 Å². The van der Waals surface area contributed by atoms with E-state index in [0.717, 1.165) is 6.42 Å². The van der Waals surface area contributed by atoms with Gasteiger partial charge < -0.3 is 9.64 Å². The average molecular weight is 180 g/mol. The average Bonchev–Trinajstić information content (AvgIpc) is 1.97. The highest BCUT2D eigenvalue weighted by atomic mass is 35.5. The van der Waals surface area contributed by atoms with Crippen molar-refractivity contribution in [2.45, 2.75) is 13.3 Å². The van der Waals surface area contributed by atoms with Crippen molar-refractivity contribution in [3.8, 4) is 0 Å². The Hall–Kier alpha value is -0.280. The van der Waals surface area contributed by atoms with Crippen LogP contribution in [0.4, 0.5) is 4.79 Å². The van der Waals surface area contributed by atoms with Gasteiger partial charge in [0, 0.05) is 20.2 Å². The number of nitrogens with zero attached hydrogens (tertiary/aromatic N) is 1. The quantitative estimate of drug-likeness (QED) is 0.475. The van der Waals surface area contributed by atoms with Crippen LogP contribution < -0.4 is 0 Å². The normalized spacial score (nSPS) is 9.73. The van der Waals surface area contributed by atoms with Gasteiger partial charge in [-0.1, -0.05) is 6.92 Å². The lowest BCUT2D eigenvalue weighted by atomic mass is 10.4. The van der Waals surface area contributed by atoms with Crippen LogP contribution in [0.25, 0.3) is 0 Å². The number of rotatable bonds is 5. The van der Waals surface area contributed by atoms with Gasteiger partial charge in [-0.05, 0) is 18.0 Å². The number of amides is 1. The van der Waals surface area contributed by atoms with Crippen LogP contribution in [0.2, 0.25) is 0 Å². The molecule has 0 aromatic rings. The maximum absolute atomic E-state index is 10.7. The predicted octanol–water partition coefficient (Wildman–Crippen LogP) is 1.70. The molecule has 0 aromatic carbocycles. The Balaban J connectivity index is 3.60. The molecule has 0 aliphatic heterocycles. The van der Waals surface area contributed by atoms with E-state index in [1.807, 2.05) is 6.92 Å². The zero-order valence-corrected chi connectivity index (χ0v) is 7.73. The van der Waals surface area contributed by atoms with Crippen molar-refractivity contribution < 1.29 is 9.53 Å². The molecule has 4 heteroatoms. The van der Waals surface area contributed by atoms with Crippen LogP contribution in [0.3, 0.4) is 0 Å². The minimum Gasteiger partial charge on any atom is -0.383 e. The van der Waals surface area contributed by atoms with Gasteiger partial charge in [-0.15, -0.1) is 0 Å². The lowest BCUT2D eigenvalue weighted by Crippen LogP contribution is -2.30. The van der Waals surface area contributed by atoms with E-state index in [-0.39, 0.29) is 0 Å². The lowest BCUT2D eigenvalue weighted by molar-refractivity contribution is 0.159. The molecule has 0 aliphatic carbocycles. The van der Waals surface area contributed by atoms with Crippen molar-refractivity contribution in [1.29, 1.82) is 0 Å². The topological polar surface area (TPSA) is 29.5 Å². The Bertz CT molecular complexity index is 119. The van der Waals surface area contributed by atoms with E-state index in [1.54, 1.807) is 12.0 Å². The first-order chi connectivity index (χ1) is 5.22. The number of carbonyl (C=O) groups is 1. The second-order valence-corrected chi connectivity index (χ2v) is 2.56. The number of carbonyl (C=O) groups excluding carboxylic acids is 1. The number of hydrogen-bond acceptors (Lipinski definition) is 2. The summed E-state index contributed by atoms with van der Waals surface area (Å²) < 4.78 is 4.82. The van der Waals surface area contributed by atoms with Gasteiger partial charge in [0.2, 0.25) is 0 Å². The molecule has 0 unspecified atom stereocenters. The molecule has 0 saturated heterocycles. The smallest absolute Gasteiger partial charge is 0.316 e. The van der Waals surface area contributed by atoms with E-state index in [1.165, 1.54) is 0 Å². The second kappa shape index (κ2) is 6.43. The van der Waals surface area contributed by atoms with Gasteiger partial charge in [-0.2, -0.15) is 0 Å². The molecular weight excluding hydrogens is 166 g/mol. The molecule has 66 valence electrons. The summed E-state index contributed by atoms with van der Waals surface area (Å²) in [7, 11) is 1.60. The second-order valence-electron chi connectivity index (χ2n) is 2.23. The van der Waals surface area contributed by atoms with Crippen LogP contribution in [-0.4, -0.2) is 37.1 Å². The summed E-state index contributed by atoms with van der Waals surface area (Å²) in [5.41, 5.74) is 0. The highest BCUT2D eigenvalue weighted by Gasteiger charge is 2.07. The van der Waals surface area contributed by atoms with Gasteiger partial charge in [0.1, 0.15) is 0 Å². The minimum atomic E-state index is -0.399. The van der Waals surface area contributed by atoms with Crippen LogP contribution in [0.15, 0.2) is 0 Å². The van der Waals surface area contributed by atoms with Crippen molar-refractivity contribution in [3.05, 3.63) is 0 Å². The van der Waals surface area contributed by atoms with Gasteiger partial charge in [0.25, 0.3) is 0 Å². The Morgan fingerprint density at radius 1 is 1.55 bits per heavy atom. The molecule has 0 fully saturated rings. The van der Waals surface area contributed by atoms with Crippen LogP contribution in [0, 0.1) is 0 Å². The Kier molecular flexibility index (Phi) is 6.27. The van der Waals surface area contributed by atoms with Crippen molar-refractivity contribution in [2.75, 3.05) is 26.8 Å². The zero-order chi connectivity index (χ0) is 8.69. The van der Waals surface area contributed by atoms with E-state index in [4.69, 9.17) is 16.3 Å². The van der Waals surface area contributed by atoms with Gasteiger partial charge in [-0.3, -0.25) is 4.79 Å². The third-order valence-electron chi connectivity index (χ3n) is 1.31. The summed E-state index contributed by atoms with van der Waals surface area (Å²) in [6.45, 7) is 3.82. The Morgan fingerprint density at radius 3 is 2.55 bits per heavy atom.